The van der Waals surface area contributed by atoms with Crippen LogP contribution in [0.5, 0.6) is 0 Å². The molecule has 4 heteroatoms. The average Bonchev–Trinajstić information content (AvgIpc) is 2.54. The molecule has 0 aromatic heterocycles. The van der Waals surface area contributed by atoms with Crippen molar-refractivity contribution in [2.75, 3.05) is 13.1 Å². The molecule has 0 fully saturated rings. The van der Waals surface area contributed by atoms with Gasteiger partial charge in [-0.25, -0.2) is 0 Å². The van der Waals surface area contributed by atoms with Gasteiger partial charge in [-0.1, -0.05) is 51.0 Å². The number of carbonyl (C=O) groups excluding carboxylic acids is 2. The Hall–Kier alpha value is -1.55. The van der Waals surface area contributed by atoms with E-state index in [1.807, 2.05) is 4.90 Å². The molecule has 118 valence electrons. The molecule has 1 aliphatic rings. The summed E-state index contributed by atoms with van der Waals surface area (Å²) in [7, 11) is 0. The Morgan fingerprint density at radius 1 is 0.909 bits per heavy atom. The molecule has 2 rings (SSSR count). The number of hydrogen-bond donors (Lipinski definition) is 1. The largest absolute Gasteiger partial charge is 0.367 e. The summed E-state index contributed by atoms with van der Waals surface area (Å²) in [5.74, 6) is -0.223. The van der Waals surface area contributed by atoms with Crippen molar-refractivity contribution in [3.05, 3.63) is 46.0 Å². The highest BCUT2D eigenvalue weighted by atomic mass is 32.1. The van der Waals surface area contributed by atoms with Crippen molar-refractivity contribution in [2.45, 2.75) is 39.5 Å². The first kappa shape index (κ1) is 16.8. The van der Waals surface area contributed by atoms with Gasteiger partial charge in [0.1, 0.15) is 5.70 Å². The Morgan fingerprint density at radius 2 is 1.41 bits per heavy atom. The van der Waals surface area contributed by atoms with Crippen molar-refractivity contribution < 1.29 is 9.59 Å². The monoisotopic (exact) mass is 317 g/mol. The molecule has 0 saturated heterocycles. The van der Waals surface area contributed by atoms with Gasteiger partial charge in [-0.15, -0.1) is 12.6 Å². The second-order valence-electron chi connectivity index (χ2n) is 5.60. The summed E-state index contributed by atoms with van der Waals surface area (Å²) in [6.07, 6.45) is 4.10. The molecular formula is C18H23NO2S. The van der Waals surface area contributed by atoms with Crippen molar-refractivity contribution in [1.82, 2.24) is 4.90 Å². The molecule has 0 unspecified atom stereocenters. The fourth-order valence-corrected chi connectivity index (χ4v) is 3.04. The molecule has 0 aliphatic heterocycles. The van der Waals surface area contributed by atoms with Crippen molar-refractivity contribution in [2.24, 2.45) is 0 Å². The van der Waals surface area contributed by atoms with Gasteiger partial charge in [-0.2, -0.15) is 0 Å². The Morgan fingerprint density at radius 3 is 1.91 bits per heavy atom. The van der Waals surface area contributed by atoms with E-state index < -0.39 is 0 Å². The normalized spacial score (nSPS) is 14.3. The zero-order valence-electron chi connectivity index (χ0n) is 13.3. The van der Waals surface area contributed by atoms with Crippen LogP contribution < -0.4 is 0 Å². The number of ketones is 2. The third-order valence-corrected chi connectivity index (χ3v) is 4.37. The van der Waals surface area contributed by atoms with Gasteiger partial charge in [0.2, 0.25) is 11.6 Å². The Balaban J connectivity index is 2.40. The van der Waals surface area contributed by atoms with Gasteiger partial charge >= 0.3 is 0 Å². The molecule has 3 nitrogen and oxygen atoms in total. The number of rotatable bonds is 7. The van der Waals surface area contributed by atoms with E-state index >= 15 is 0 Å². The van der Waals surface area contributed by atoms with Crippen molar-refractivity contribution in [3.8, 4) is 0 Å². The maximum absolute atomic E-state index is 12.8. The molecule has 1 aromatic rings. The van der Waals surface area contributed by atoms with Crippen LogP contribution in [-0.4, -0.2) is 29.6 Å². The third-order valence-electron chi connectivity index (χ3n) is 3.95. The standard InChI is InChI=1S/C18H23NO2S/c1-3-5-11-19(12-6-4-2)15-16(20)13-9-7-8-10-14(13)17(21)18(15)22/h7-10,22H,3-6,11-12H2,1-2H3. The van der Waals surface area contributed by atoms with E-state index in [-0.39, 0.29) is 16.5 Å². The Kier molecular flexibility index (Phi) is 5.83. The smallest absolute Gasteiger partial charge is 0.211 e. The number of unbranched alkanes of at least 4 members (excludes halogenated alkanes) is 2. The lowest BCUT2D eigenvalue weighted by atomic mass is 9.91. The zero-order chi connectivity index (χ0) is 16.1. The second kappa shape index (κ2) is 7.63. The fourth-order valence-electron chi connectivity index (χ4n) is 2.68. The first-order valence-corrected chi connectivity index (χ1v) is 8.43. The van der Waals surface area contributed by atoms with Gasteiger partial charge in [-0.3, -0.25) is 9.59 Å². The van der Waals surface area contributed by atoms with Crippen molar-refractivity contribution in [1.29, 1.82) is 0 Å². The van der Waals surface area contributed by atoms with E-state index in [4.69, 9.17) is 0 Å². The first-order valence-electron chi connectivity index (χ1n) is 7.98. The number of carbonyl (C=O) groups is 2. The van der Waals surface area contributed by atoms with E-state index in [0.717, 1.165) is 38.8 Å². The van der Waals surface area contributed by atoms with E-state index in [0.29, 0.717) is 16.8 Å². The molecule has 0 radical (unpaired) electrons. The van der Waals surface area contributed by atoms with Gasteiger partial charge in [0.05, 0.1) is 4.91 Å². The minimum Gasteiger partial charge on any atom is -0.367 e. The SMILES string of the molecule is CCCCN(CCCC)C1=C(S)C(=O)c2ccccc2C1=O. The fraction of sp³-hybridized carbons (Fsp3) is 0.444. The van der Waals surface area contributed by atoms with Crippen LogP contribution in [0.4, 0.5) is 0 Å². The number of benzene rings is 1. The summed E-state index contributed by atoms with van der Waals surface area (Å²) in [4.78, 5) is 27.7. The summed E-state index contributed by atoms with van der Waals surface area (Å²) >= 11 is 4.39. The van der Waals surface area contributed by atoms with Crippen LogP contribution in [0.25, 0.3) is 0 Å². The van der Waals surface area contributed by atoms with Crippen LogP contribution in [0.1, 0.15) is 60.2 Å². The lowest BCUT2D eigenvalue weighted by Gasteiger charge is -2.30. The number of thiol groups is 1. The van der Waals surface area contributed by atoms with Gasteiger partial charge in [0.15, 0.2) is 0 Å². The lowest BCUT2D eigenvalue weighted by molar-refractivity contribution is 0.0946. The van der Waals surface area contributed by atoms with Crippen molar-refractivity contribution in [3.63, 3.8) is 0 Å². The molecule has 0 spiro atoms. The molecule has 0 saturated carbocycles. The van der Waals surface area contributed by atoms with Gasteiger partial charge in [0, 0.05) is 24.2 Å². The quantitative estimate of drug-likeness (QED) is 0.769. The van der Waals surface area contributed by atoms with Gasteiger partial charge in [0.25, 0.3) is 0 Å². The summed E-state index contributed by atoms with van der Waals surface area (Å²) < 4.78 is 0. The van der Waals surface area contributed by atoms with Crippen LogP contribution >= 0.6 is 12.6 Å². The predicted octanol–water partition coefficient (Wildman–Crippen LogP) is 4.11. The van der Waals surface area contributed by atoms with Crippen LogP contribution in [0.2, 0.25) is 0 Å². The van der Waals surface area contributed by atoms with Gasteiger partial charge in [-0.05, 0) is 12.8 Å². The van der Waals surface area contributed by atoms with Gasteiger partial charge < -0.3 is 4.90 Å². The first-order chi connectivity index (χ1) is 10.6. The maximum Gasteiger partial charge on any atom is 0.211 e. The number of Topliss-reactive ketones (excluding diaryl/α,β-unsaturated/α-hetero) is 2. The zero-order valence-corrected chi connectivity index (χ0v) is 14.2. The summed E-state index contributed by atoms with van der Waals surface area (Å²) in [5.41, 5.74) is 1.44. The summed E-state index contributed by atoms with van der Waals surface area (Å²) in [6, 6.07) is 7.01. The van der Waals surface area contributed by atoms with Crippen molar-refractivity contribution >= 4 is 24.2 Å². The third kappa shape index (κ3) is 3.27. The molecule has 1 aliphatic carbocycles. The molecule has 0 amide bonds. The molecule has 0 N–H and O–H groups in total. The Labute approximate surface area is 137 Å². The maximum atomic E-state index is 12.8. The van der Waals surface area contributed by atoms with Crippen LogP contribution in [0, 0.1) is 0 Å². The minimum atomic E-state index is -0.147. The molecular weight excluding hydrogens is 294 g/mol. The number of nitrogens with zero attached hydrogens (tertiary/aromatic N) is 1. The van der Waals surface area contributed by atoms with E-state index in [1.165, 1.54) is 0 Å². The Bertz CT molecular complexity index is 599. The summed E-state index contributed by atoms with van der Waals surface area (Å²) in [6.45, 7) is 5.82. The topological polar surface area (TPSA) is 37.4 Å². The van der Waals surface area contributed by atoms with E-state index in [9.17, 15) is 9.59 Å². The summed E-state index contributed by atoms with van der Waals surface area (Å²) in [5, 5.41) is 0. The molecule has 0 heterocycles. The molecule has 22 heavy (non-hydrogen) atoms. The highest BCUT2D eigenvalue weighted by Gasteiger charge is 2.33. The number of fused-ring (bicyclic) bond motifs is 1. The van der Waals surface area contributed by atoms with Crippen LogP contribution in [0.3, 0.4) is 0 Å². The van der Waals surface area contributed by atoms with Crippen LogP contribution in [0.15, 0.2) is 34.9 Å². The lowest BCUT2D eigenvalue weighted by Crippen LogP contribution is -2.34. The second-order valence-corrected chi connectivity index (χ2v) is 6.04. The molecule has 0 bridgehead atoms. The minimum absolute atomic E-state index is 0.0765. The highest BCUT2D eigenvalue weighted by Crippen LogP contribution is 2.30. The van der Waals surface area contributed by atoms with E-state index in [1.54, 1.807) is 24.3 Å². The van der Waals surface area contributed by atoms with E-state index in [2.05, 4.69) is 26.5 Å². The molecule has 1 aromatic carbocycles. The number of allylic oxidation sites excluding steroid dienone is 2. The highest BCUT2D eigenvalue weighted by molar-refractivity contribution is 7.85. The van der Waals surface area contributed by atoms with Crippen LogP contribution in [-0.2, 0) is 0 Å². The molecule has 0 atom stereocenters. The predicted molar refractivity (Wildman–Crippen MR) is 92.5 cm³/mol. The average molecular weight is 317 g/mol. The number of hydrogen-bond acceptors (Lipinski definition) is 4.